The summed E-state index contributed by atoms with van der Waals surface area (Å²) in [6, 6.07) is 18.2. The maximum absolute atomic E-state index is 11.8. The number of hydrogen-bond acceptors (Lipinski definition) is 3. The largest absolute Gasteiger partial charge is 0.355 e. The van der Waals surface area contributed by atoms with Gasteiger partial charge in [0, 0.05) is 41.0 Å². The summed E-state index contributed by atoms with van der Waals surface area (Å²) in [5.74, 6) is 3.72. The molecule has 1 N–H and O–H groups in total. The van der Waals surface area contributed by atoms with Crippen molar-refractivity contribution < 1.29 is 4.79 Å². The predicted molar refractivity (Wildman–Crippen MR) is 108 cm³/mol. The van der Waals surface area contributed by atoms with Crippen LogP contribution in [-0.4, -0.2) is 24.0 Å². The molecule has 0 unspecified atom stereocenters. The molecule has 2 nitrogen and oxygen atoms in total. The number of hydrogen-bond donors (Lipinski definition) is 1. The molecule has 0 aliphatic rings. The van der Waals surface area contributed by atoms with Gasteiger partial charge < -0.3 is 5.32 Å². The van der Waals surface area contributed by atoms with Gasteiger partial charge in [0.25, 0.3) is 0 Å². The molecule has 0 aromatic heterocycles. The summed E-state index contributed by atoms with van der Waals surface area (Å²) in [5, 5.41) is 3.79. The highest BCUT2D eigenvalue weighted by Gasteiger charge is 2.02. The van der Waals surface area contributed by atoms with Crippen LogP contribution in [0.4, 0.5) is 0 Å². The van der Waals surface area contributed by atoms with E-state index in [0.29, 0.717) is 13.0 Å². The summed E-state index contributed by atoms with van der Waals surface area (Å²) in [7, 11) is 0. The molecule has 0 aliphatic carbocycles. The fourth-order valence-electron chi connectivity index (χ4n) is 2.08. The van der Waals surface area contributed by atoms with Crippen LogP contribution >= 0.6 is 35.1 Å². The highest BCUT2D eigenvalue weighted by molar-refractivity contribution is 7.98. The number of carbonyl (C=O) groups is 1. The minimum atomic E-state index is 0.133. The Balaban J connectivity index is 1.48. The maximum atomic E-state index is 11.8. The van der Waals surface area contributed by atoms with Crippen LogP contribution in [0.1, 0.15) is 17.5 Å². The monoisotopic (exact) mass is 379 g/mol. The van der Waals surface area contributed by atoms with Gasteiger partial charge in [0.05, 0.1) is 0 Å². The van der Waals surface area contributed by atoms with Crippen LogP contribution in [0.15, 0.2) is 54.6 Å². The van der Waals surface area contributed by atoms with Gasteiger partial charge in [-0.2, -0.15) is 23.5 Å². The molecule has 0 radical (unpaired) electrons. The van der Waals surface area contributed by atoms with Crippen molar-refractivity contribution in [3.63, 3.8) is 0 Å². The summed E-state index contributed by atoms with van der Waals surface area (Å²) in [6.07, 6.45) is 0.576. The Morgan fingerprint density at radius 1 is 0.917 bits per heavy atom. The van der Waals surface area contributed by atoms with Crippen molar-refractivity contribution in [1.82, 2.24) is 5.32 Å². The van der Waals surface area contributed by atoms with E-state index in [2.05, 4.69) is 17.4 Å². The second-order valence-electron chi connectivity index (χ2n) is 5.28. The third-order valence-electron chi connectivity index (χ3n) is 3.37. The first-order valence-corrected chi connectivity index (χ1v) is 10.6. The first kappa shape index (κ1) is 19.2. The fourth-order valence-corrected chi connectivity index (χ4v) is 4.12. The van der Waals surface area contributed by atoms with Crippen molar-refractivity contribution >= 4 is 41.0 Å². The Morgan fingerprint density at radius 2 is 1.62 bits per heavy atom. The Hall–Kier alpha value is -1.10. The first-order valence-electron chi connectivity index (χ1n) is 7.95. The average Bonchev–Trinajstić information content (AvgIpc) is 2.61. The van der Waals surface area contributed by atoms with Crippen LogP contribution in [0, 0.1) is 0 Å². The topological polar surface area (TPSA) is 29.1 Å². The van der Waals surface area contributed by atoms with E-state index in [9.17, 15) is 4.79 Å². The molecular formula is C19H22ClNOS2. The minimum absolute atomic E-state index is 0.133. The Bertz CT molecular complexity index is 622. The van der Waals surface area contributed by atoms with Crippen LogP contribution in [0.5, 0.6) is 0 Å². The normalized spacial score (nSPS) is 10.5. The van der Waals surface area contributed by atoms with E-state index < -0.39 is 0 Å². The standard InChI is InChI=1S/C19H22ClNOS2/c20-18-9-5-4-8-17(18)15-24-13-11-21-19(22)10-12-23-14-16-6-2-1-3-7-16/h1-9H,10-15H2,(H,21,22). The fraction of sp³-hybridized carbons (Fsp3) is 0.316. The zero-order chi connectivity index (χ0) is 17.0. The van der Waals surface area contributed by atoms with Gasteiger partial charge in [0.15, 0.2) is 0 Å². The molecule has 0 bridgehead atoms. The molecule has 0 atom stereocenters. The third kappa shape index (κ3) is 7.65. The van der Waals surface area contributed by atoms with Gasteiger partial charge in [-0.3, -0.25) is 4.79 Å². The van der Waals surface area contributed by atoms with E-state index in [4.69, 9.17) is 11.6 Å². The zero-order valence-electron chi connectivity index (χ0n) is 13.5. The first-order chi connectivity index (χ1) is 11.8. The lowest BCUT2D eigenvalue weighted by atomic mass is 10.2. The summed E-state index contributed by atoms with van der Waals surface area (Å²) in [5.41, 5.74) is 2.45. The molecule has 0 heterocycles. The summed E-state index contributed by atoms with van der Waals surface area (Å²) in [6.45, 7) is 0.706. The van der Waals surface area contributed by atoms with Gasteiger partial charge in [-0.25, -0.2) is 0 Å². The van der Waals surface area contributed by atoms with Crippen molar-refractivity contribution in [2.75, 3.05) is 18.1 Å². The Labute approximate surface area is 157 Å². The molecule has 0 saturated heterocycles. The molecule has 0 spiro atoms. The van der Waals surface area contributed by atoms with Crippen LogP contribution in [0.25, 0.3) is 0 Å². The molecule has 2 rings (SSSR count). The van der Waals surface area contributed by atoms with Crippen molar-refractivity contribution in [2.24, 2.45) is 0 Å². The van der Waals surface area contributed by atoms with E-state index in [1.54, 1.807) is 23.5 Å². The average molecular weight is 380 g/mol. The van der Waals surface area contributed by atoms with E-state index in [0.717, 1.165) is 33.6 Å². The van der Waals surface area contributed by atoms with Crippen LogP contribution in [-0.2, 0) is 16.3 Å². The number of carbonyl (C=O) groups excluding carboxylic acids is 1. The second kappa shape index (κ2) is 11.5. The van der Waals surface area contributed by atoms with Gasteiger partial charge >= 0.3 is 0 Å². The maximum Gasteiger partial charge on any atom is 0.220 e. The molecule has 128 valence electrons. The highest BCUT2D eigenvalue weighted by Crippen LogP contribution is 2.20. The molecule has 5 heteroatoms. The van der Waals surface area contributed by atoms with Gasteiger partial charge in [0.2, 0.25) is 5.91 Å². The molecule has 2 aromatic carbocycles. The lowest BCUT2D eigenvalue weighted by Gasteiger charge is -2.06. The van der Waals surface area contributed by atoms with Crippen molar-refractivity contribution in [3.8, 4) is 0 Å². The smallest absolute Gasteiger partial charge is 0.220 e. The van der Waals surface area contributed by atoms with E-state index in [1.165, 1.54) is 5.56 Å². The number of amides is 1. The van der Waals surface area contributed by atoms with Crippen molar-refractivity contribution in [1.29, 1.82) is 0 Å². The van der Waals surface area contributed by atoms with Gasteiger partial charge in [0.1, 0.15) is 0 Å². The molecule has 0 aliphatic heterocycles. The number of thioether (sulfide) groups is 2. The van der Waals surface area contributed by atoms with Crippen molar-refractivity contribution in [3.05, 3.63) is 70.7 Å². The molecule has 1 amide bonds. The van der Waals surface area contributed by atoms with Crippen molar-refractivity contribution in [2.45, 2.75) is 17.9 Å². The molecule has 0 fully saturated rings. The van der Waals surface area contributed by atoms with Gasteiger partial charge in [-0.15, -0.1) is 0 Å². The molecular weight excluding hydrogens is 358 g/mol. The van der Waals surface area contributed by atoms with Crippen LogP contribution in [0.2, 0.25) is 5.02 Å². The van der Waals surface area contributed by atoms with E-state index >= 15 is 0 Å². The third-order valence-corrected chi connectivity index (χ3v) is 5.78. The van der Waals surface area contributed by atoms with Crippen LogP contribution in [0.3, 0.4) is 0 Å². The SMILES string of the molecule is O=C(CCSCc1ccccc1)NCCSCc1ccccc1Cl. The Morgan fingerprint density at radius 3 is 2.42 bits per heavy atom. The van der Waals surface area contributed by atoms with Crippen LogP contribution < -0.4 is 5.32 Å². The quantitative estimate of drug-likeness (QED) is 0.588. The van der Waals surface area contributed by atoms with E-state index in [1.807, 2.05) is 42.5 Å². The van der Waals surface area contributed by atoms with Gasteiger partial charge in [-0.05, 0) is 17.2 Å². The lowest BCUT2D eigenvalue weighted by molar-refractivity contribution is -0.120. The number of nitrogens with one attached hydrogen (secondary N) is 1. The zero-order valence-corrected chi connectivity index (χ0v) is 15.9. The number of benzene rings is 2. The van der Waals surface area contributed by atoms with Gasteiger partial charge in [-0.1, -0.05) is 60.1 Å². The summed E-state index contributed by atoms with van der Waals surface area (Å²) >= 11 is 9.70. The number of rotatable bonds is 10. The number of halogens is 1. The minimum Gasteiger partial charge on any atom is -0.355 e. The molecule has 2 aromatic rings. The molecule has 24 heavy (non-hydrogen) atoms. The lowest BCUT2D eigenvalue weighted by Crippen LogP contribution is -2.25. The summed E-state index contributed by atoms with van der Waals surface area (Å²) in [4.78, 5) is 11.8. The van der Waals surface area contributed by atoms with E-state index in [-0.39, 0.29) is 5.91 Å². The highest BCUT2D eigenvalue weighted by atomic mass is 35.5. The Kier molecular flexibility index (Phi) is 9.18. The summed E-state index contributed by atoms with van der Waals surface area (Å²) < 4.78 is 0. The molecule has 0 saturated carbocycles. The second-order valence-corrected chi connectivity index (χ2v) is 7.90. The predicted octanol–water partition coefficient (Wildman–Crippen LogP) is 5.01.